The summed E-state index contributed by atoms with van der Waals surface area (Å²) in [6, 6.07) is 6.77. The maximum absolute atomic E-state index is 12.1. The molecule has 5 heteroatoms. The molecule has 1 atom stereocenters. The molecule has 0 bridgehead atoms. The second-order valence-corrected chi connectivity index (χ2v) is 4.10. The Morgan fingerprint density at radius 2 is 2.00 bits per heavy atom. The molecule has 1 aromatic rings. The van der Waals surface area contributed by atoms with Crippen LogP contribution in [0.15, 0.2) is 29.2 Å². The van der Waals surface area contributed by atoms with Crippen molar-refractivity contribution in [2.75, 3.05) is 6.54 Å². The third kappa shape index (κ3) is 9.84. The highest BCUT2D eigenvalue weighted by atomic mass is 32.1. The summed E-state index contributed by atoms with van der Waals surface area (Å²) in [5.41, 5.74) is 0. The molecule has 3 nitrogen and oxygen atoms in total. The molecule has 96 valence electrons. The van der Waals surface area contributed by atoms with Crippen molar-refractivity contribution in [2.45, 2.75) is 30.7 Å². The van der Waals surface area contributed by atoms with E-state index in [4.69, 9.17) is 9.90 Å². The Morgan fingerprint density at radius 3 is 2.24 bits per heavy atom. The van der Waals surface area contributed by atoms with Gasteiger partial charge in [0.05, 0.1) is 0 Å². The Hall–Kier alpha value is -1.07. The molecule has 1 aliphatic heterocycles. The lowest BCUT2D eigenvalue weighted by Crippen LogP contribution is -2.16. The van der Waals surface area contributed by atoms with E-state index in [9.17, 15) is 4.39 Å². The standard InChI is InChI=1S/C6H5FS.C5H11N.CH2O2/c7-5-1-3-6(8)4-2-5;1-5-3-2-4-6-5;2-1-3/h1-4,8H;5-6H,2-4H2,1H3;1H,(H,2,3). The lowest BCUT2D eigenvalue weighted by Gasteiger charge is -1.95. The summed E-state index contributed by atoms with van der Waals surface area (Å²) in [7, 11) is 0. The first-order valence-electron chi connectivity index (χ1n) is 5.36. The first kappa shape index (κ1) is 15.9. The molecular weight excluding hydrogens is 241 g/mol. The molecule has 1 aromatic carbocycles. The van der Waals surface area contributed by atoms with E-state index in [0.717, 1.165) is 10.9 Å². The van der Waals surface area contributed by atoms with E-state index >= 15 is 0 Å². The van der Waals surface area contributed by atoms with E-state index in [-0.39, 0.29) is 12.3 Å². The van der Waals surface area contributed by atoms with Crippen molar-refractivity contribution >= 4 is 19.1 Å². The normalized spacial score (nSPS) is 17.2. The number of nitrogens with one attached hydrogen (secondary N) is 1. The van der Waals surface area contributed by atoms with Gasteiger partial charge in [-0.15, -0.1) is 12.6 Å². The van der Waals surface area contributed by atoms with E-state index in [1.165, 1.54) is 31.5 Å². The van der Waals surface area contributed by atoms with E-state index in [2.05, 4.69) is 24.9 Å². The molecule has 0 amide bonds. The quantitative estimate of drug-likeness (QED) is 0.496. The fourth-order valence-electron chi connectivity index (χ4n) is 1.30. The molecule has 0 aromatic heterocycles. The van der Waals surface area contributed by atoms with Crippen LogP contribution < -0.4 is 5.32 Å². The molecular formula is C12H18FNO2S. The van der Waals surface area contributed by atoms with Crippen LogP contribution in [-0.2, 0) is 4.79 Å². The van der Waals surface area contributed by atoms with Gasteiger partial charge in [0, 0.05) is 10.9 Å². The number of carboxylic acid groups (broad SMARTS) is 1. The summed E-state index contributed by atoms with van der Waals surface area (Å²) in [5, 5.41) is 10.2. The molecule has 0 aliphatic carbocycles. The van der Waals surface area contributed by atoms with E-state index in [1.54, 1.807) is 12.1 Å². The summed E-state index contributed by atoms with van der Waals surface area (Å²) >= 11 is 3.97. The summed E-state index contributed by atoms with van der Waals surface area (Å²) < 4.78 is 12.1. The van der Waals surface area contributed by atoms with Crippen LogP contribution in [0, 0.1) is 5.82 Å². The molecule has 1 unspecified atom stereocenters. The predicted octanol–water partition coefficient (Wildman–Crippen LogP) is 2.57. The number of hydrogen-bond donors (Lipinski definition) is 3. The minimum absolute atomic E-state index is 0.220. The average molecular weight is 259 g/mol. The van der Waals surface area contributed by atoms with Gasteiger partial charge in [-0.05, 0) is 50.6 Å². The maximum Gasteiger partial charge on any atom is 0.290 e. The van der Waals surface area contributed by atoms with Crippen molar-refractivity contribution in [1.82, 2.24) is 5.32 Å². The molecule has 0 saturated carbocycles. The van der Waals surface area contributed by atoms with Crippen molar-refractivity contribution in [2.24, 2.45) is 0 Å². The average Bonchev–Trinajstić information content (AvgIpc) is 2.76. The fraction of sp³-hybridized carbons (Fsp3) is 0.417. The number of carbonyl (C=O) groups is 1. The molecule has 1 aliphatic rings. The van der Waals surface area contributed by atoms with E-state index < -0.39 is 0 Å². The Labute approximate surface area is 106 Å². The Bertz CT molecular complexity index is 279. The van der Waals surface area contributed by atoms with Crippen molar-refractivity contribution in [1.29, 1.82) is 0 Å². The molecule has 1 saturated heterocycles. The largest absolute Gasteiger partial charge is 0.483 e. The zero-order valence-corrected chi connectivity index (χ0v) is 10.7. The summed E-state index contributed by atoms with van der Waals surface area (Å²) in [6.07, 6.45) is 2.75. The molecule has 0 spiro atoms. The van der Waals surface area contributed by atoms with Crippen LogP contribution in [0.4, 0.5) is 4.39 Å². The van der Waals surface area contributed by atoms with Crippen LogP contribution in [-0.4, -0.2) is 24.2 Å². The monoisotopic (exact) mass is 259 g/mol. The van der Waals surface area contributed by atoms with Crippen LogP contribution >= 0.6 is 12.6 Å². The number of halogens is 1. The first-order chi connectivity index (χ1) is 8.10. The third-order valence-corrected chi connectivity index (χ3v) is 2.43. The first-order valence-corrected chi connectivity index (χ1v) is 5.80. The number of thiol groups is 1. The molecule has 1 heterocycles. The lowest BCUT2D eigenvalue weighted by atomic mass is 10.3. The van der Waals surface area contributed by atoms with E-state index in [1.807, 2.05) is 0 Å². The zero-order chi connectivity index (χ0) is 13.1. The zero-order valence-electron chi connectivity index (χ0n) is 9.77. The fourth-order valence-corrected chi connectivity index (χ4v) is 1.45. The summed E-state index contributed by atoms with van der Waals surface area (Å²) in [6.45, 7) is 3.22. The van der Waals surface area contributed by atoms with Crippen molar-refractivity contribution in [3.63, 3.8) is 0 Å². The molecule has 1 fully saturated rings. The lowest BCUT2D eigenvalue weighted by molar-refractivity contribution is -0.122. The maximum atomic E-state index is 12.1. The summed E-state index contributed by atoms with van der Waals surface area (Å²) in [5.74, 6) is -0.220. The minimum atomic E-state index is -0.250. The molecule has 2 rings (SSSR count). The van der Waals surface area contributed by atoms with Crippen LogP contribution in [0.25, 0.3) is 0 Å². The van der Waals surface area contributed by atoms with Gasteiger partial charge in [-0.25, -0.2) is 4.39 Å². The number of benzene rings is 1. The Balaban J connectivity index is 0.000000252. The summed E-state index contributed by atoms with van der Waals surface area (Å²) in [4.78, 5) is 9.14. The second-order valence-electron chi connectivity index (χ2n) is 3.58. The molecule has 17 heavy (non-hydrogen) atoms. The van der Waals surface area contributed by atoms with E-state index in [0.29, 0.717) is 0 Å². The van der Waals surface area contributed by atoms with Gasteiger partial charge in [0.1, 0.15) is 5.82 Å². The van der Waals surface area contributed by atoms with Gasteiger partial charge in [-0.1, -0.05) is 0 Å². The number of rotatable bonds is 0. The van der Waals surface area contributed by atoms with Gasteiger partial charge >= 0.3 is 0 Å². The van der Waals surface area contributed by atoms with Gasteiger partial charge < -0.3 is 10.4 Å². The highest BCUT2D eigenvalue weighted by Gasteiger charge is 2.05. The highest BCUT2D eigenvalue weighted by molar-refractivity contribution is 7.80. The van der Waals surface area contributed by atoms with Gasteiger partial charge in [0.25, 0.3) is 6.47 Å². The molecule has 2 N–H and O–H groups in total. The van der Waals surface area contributed by atoms with Gasteiger partial charge in [0.15, 0.2) is 0 Å². The van der Waals surface area contributed by atoms with Crippen molar-refractivity contribution in [3.8, 4) is 0 Å². The highest BCUT2D eigenvalue weighted by Crippen LogP contribution is 2.05. The van der Waals surface area contributed by atoms with Crippen LogP contribution in [0.1, 0.15) is 19.8 Å². The van der Waals surface area contributed by atoms with Gasteiger partial charge in [-0.2, -0.15) is 0 Å². The van der Waals surface area contributed by atoms with Crippen LogP contribution in [0.2, 0.25) is 0 Å². The van der Waals surface area contributed by atoms with Crippen molar-refractivity contribution < 1.29 is 14.3 Å². The SMILES string of the molecule is CC1CCCN1.Fc1ccc(S)cc1.O=CO. The van der Waals surface area contributed by atoms with Crippen LogP contribution in [0.3, 0.4) is 0 Å². The van der Waals surface area contributed by atoms with Crippen molar-refractivity contribution in [3.05, 3.63) is 30.1 Å². The molecule has 0 radical (unpaired) electrons. The third-order valence-electron chi connectivity index (χ3n) is 2.13. The minimum Gasteiger partial charge on any atom is -0.483 e. The topological polar surface area (TPSA) is 49.3 Å². The smallest absolute Gasteiger partial charge is 0.290 e. The predicted molar refractivity (Wildman–Crippen MR) is 69.0 cm³/mol. The number of hydrogen-bond acceptors (Lipinski definition) is 3. The Morgan fingerprint density at radius 1 is 1.47 bits per heavy atom. The second kappa shape index (κ2) is 10.1. The van der Waals surface area contributed by atoms with Gasteiger partial charge in [0.2, 0.25) is 0 Å². The van der Waals surface area contributed by atoms with Crippen LogP contribution in [0.5, 0.6) is 0 Å². The Kier molecular flexibility index (Phi) is 9.47. The van der Waals surface area contributed by atoms with Gasteiger partial charge in [-0.3, -0.25) is 4.79 Å².